The van der Waals surface area contributed by atoms with E-state index in [1.807, 2.05) is 35.9 Å². The van der Waals surface area contributed by atoms with Crippen molar-refractivity contribution < 1.29 is 8.42 Å². The number of nitrogens with zero attached hydrogens (tertiary/aromatic N) is 2. The molecule has 0 radical (unpaired) electrons. The Morgan fingerprint density at radius 1 is 1.29 bits per heavy atom. The number of rotatable bonds is 5. The summed E-state index contributed by atoms with van der Waals surface area (Å²) in [6, 6.07) is 7.28. The molecule has 3 aromatic rings. The molecule has 0 saturated carbocycles. The van der Waals surface area contributed by atoms with Gasteiger partial charge in [0.25, 0.3) is 0 Å². The molecule has 7 heteroatoms. The van der Waals surface area contributed by atoms with Gasteiger partial charge >= 0.3 is 0 Å². The number of imidazole rings is 1. The maximum absolute atomic E-state index is 12.0. The lowest BCUT2D eigenvalue weighted by molar-refractivity contribution is 0.583. The van der Waals surface area contributed by atoms with Crippen molar-refractivity contribution in [3.63, 3.8) is 0 Å². The van der Waals surface area contributed by atoms with E-state index < -0.39 is 10.0 Å². The third-order valence-electron chi connectivity index (χ3n) is 3.08. The van der Waals surface area contributed by atoms with Gasteiger partial charge in [-0.1, -0.05) is 12.1 Å². The zero-order valence-electron chi connectivity index (χ0n) is 11.5. The van der Waals surface area contributed by atoms with E-state index in [1.165, 1.54) is 11.3 Å². The van der Waals surface area contributed by atoms with Gasteiger partial charge in [-0.05, 0) is 30.0 Å². The summed E-state index contributed by atoms with van der Waals surface area (Å²) >= 11 is 1.21. The molecule has 110 valence electrons. The molecular formula is C14H15N3O2S2. The first-order chi connectivity index (χ1) is 10.0. The molecule has 0 unspecified atom stereocenters. The Morgan fingerprint density at radius 3 is 2.90 bits per heavy atom. The number of fused-ring (bicyclic) bond motifs is 1. The predicted octanol–water partition coefficient (Wildman–Crippen LogP) is 2.23. The Bertz CT molecular complexity index is 852. The SMILES string of the molecule is Cc1ccc2nc(CCNS(=O)(=O)c3cccs3)cn2c1. The summed E-state index contributed by atoms with van der Waals surface area (Å²) in [7, 11) is -3.39. The fourth-order valence-corrected chi connectivity index (χ4v) is 4.15. The van der Waals surface area contributed by atoms with Crippen molar-refractivity contribution >= 4 is 27.0 Å². The molecule has 0 aromatic carbocycles. The molecule has 5 nitrogen and oxygen atoms in total. The average Bonchev–Trinajstić information content (AvgIpc) is 3.06. The summed E-state index contributed by atoms with van der Waals surface area (Å²) < 4.78 is 28.8. The van der Waals surface area contributed by atoms with Crippen molar-refractivity contribution in [2.24, 2.45) is 0 Å². The highest BCUT2D eigenvalue weighted by atomic mass is 32.2. The summed E-state index contributed by atoms with van der Waals surface area (Å²) in [5, 5.41) is 1.75. The van der Waals surface area contributed by atoms with Crippen LogP contribution in [-0.2, 0) is 16.4 Å². The first-order valence-electron chi connectivity index (χ1n) is 6.52. The van der Waals surface area contributed by atoms with Gasteiger partial charge in [0.2, 0.25) is 10.0 Å². The first kappa shape index (κ1) is 14.2. The molecular weight excluding hydrogens is 306 g/mol. The third-order valence-corrected chi connectivity index (χ3v) is 5.94. The quantitative estimate of drug-likeness (QED) is 0.784. The van der Waals surface area contributed by atoms with Crippen LogP contribution in [0.4, 0.5) is 0 Å². The van der Waals surface area contributed by atoms with Crippen molar-refractivity contribution in [2.75, 3.05) is 6.54 Å². The van der Waals surface area contributed by atoms with E-state index in [9.17, 15) is 8.42 Å². The summed E-state index contributed by atoms with van der Waals surface area (Å²) in [6.45, 7) is 2.36. The third kappa shape index (κ3) is 3.15. The van der Waals surface area contributed by atoms with E-state index >= 15 is 0 Å². The molecule has 0 amide bonds. The van der Waals surface area contributed by atoms with Crippen LogP contribution in [0.1, 0.15) is 11.3 Å². The molecule has 3 aromatic heterocycles. The molecule has 3 heterocycles. The number of aryl methyl sites for hydroxylation is 1. The molecule has 21 heavy (non-hydrogen) atoms. The second-order valence-electron chi connectivity index (χ2n) is 4.78. The van der Waals surface area contributed by atoms with Crippen molar-refractivity contribution in [1.82, 2.24) is 14.1 Å². The standard InChI is InChI=1S/C14H15N3O2S2/c1-11-4-5-13-16-12(10-17(13)9-11)6-7-15-21(18,19)14-3-2-8-20-14/h2-5,8-10,15H,6-7H2,1H3. The normalized spacial score (nSPS) is 12.0. The van der Waals surface area contributed by atoms with Crippen molar-refractivity contribution in [1.29, 1.82) is 0 Å². The van der Waals surface area contributed by atoms with E-state index in [0.29, 0.717) is 17.2 Å². The Balaban J connectivity index is 1.67. The highest BCUT2D eigenvalue weighted by molar-refractivity contribution is 7.91. The predicted molar refractivity (Wildman–Crippen MR) is 83.1 cm³/mol. The molecule has 0 aliphatic carbocycles. The number of pyridine rings is 1. The van der Waals surface area contributed by atoms with Gasteiger partial charge in [0.1, 0.15) is 9.86 Å². The first-order valence-corrected chi connectivity index (χ1v) is 8.88. The maximum atomic E-state index is 12.0. The van der Waals surface area contributed by atoms with Crippen LogP contribution < -0.4 is 4.72 Å². The molecule has 0 aliphatic rings. The van der Waals surface area contributed by atoms with Gasteiger partial charge in [0, 0.05) is 25.4 Å². The van der Waals surface area contributed by atoms with Crippen molar-refractivity contribution in [2.45, 2.75) is 17.6 Å². The minimum atomic E-state index is -3.39. The maximum Gasteiger partial charge on any atom is 0.250 e. The number of sulfonamides is 1. The molecule has 1 N–H and O–H groups in total. The Labute approximate surface area is 127 Å². The number of nitrogens with one attached hydrogen (secondary N) is 1. The summed E-state index contributed by atoms with van der Waals surface area (Å²) in [5.74, 6) is 0. The molecule has 0 atom stereocenters. The van der Waals surface area contributed by atoms with Crippen LogP contribution in [0.15, 0.2) is 46.2 Å². The molecule has 0 spiro atoms. The summed E-state index contributed by atoms with van der Waals surface area (Å²) in [5.41, 5.74) is 2.90. The molecule has 0 saturated heterocycles. The molecule has 0 fully saturated rings. The highest BCUT2D eigenvalue weighted by Crippen LogP contribution is 2.15. The largest absolute Gasteiger partial charge is 0.307 e. The summed E-state index contributed by atoms with van der Waals surface area (Å²) in [6.07, 6.45) is 4.49. The Hall–Kier alpha value is -1.70. The monoisotopic (exact) mass is 321 g/mol. The van der Waals surface area contributed by atoms with Crippen LogP contribution in [0.25, 0.3) is 5.65 Å². The van der Waals surface area contributed by atoms with Crippen molar-refractivity contribution in [3.05, 3.63) is 53.3 Å². The lowest BCUT2D eigenvalue weighted by Crippen LogP contribution is -2.25. The highest BCUT2D eigenvalue weighted by Gasteiger charge is 2.14. The molecule has 3 rings (SSSR count). The van der Waals surface area contributed by atoms with Crippen LogP contribution in [0, 0.1) is 6.92 Å². The van der Waals surface area contributed by atoms with Crippen LogP contribution in [0.3, 0.4) is 0 Å². The topological polar surface area (TPSA) is 63.5 Å². The number of hydrogen-bond donors (Lipinski definition) is 1. The van der Waals surface area contributed by atoms with Gasteiger partial charge in [-0.15, -0.1) is 11.3 Å². The molecule has 0 bridgehead atoms. The van der Waals surface area contributed by atoms with Crippen LogP contribution >= 0.6 is 11.3 Å². The van der Waals surface area contributed by atoms with Gasteiger partial charge in [-0.2, -0.15) is 0 Å². The van der Waals surface area contributed by atoms with Gasteiger partial charge in [-0.25, -0.2) is 18.1 Å². The number of thiophene rings is 1. The lowest BCUT2D eigenvalue weighted by atomic mass is 10.3. The minimum Gasteiger partial charge on any atom is -0.307 e. The smallest absolute Gasteiger partial charge is 0.250 e. The zero-order chi connectivity index (χ0) is 14.9. The Morgan fingerprint density at radius 2 is 2.14 bits per heavy atom. The van der Waals surface area contributed by atoms with Crippen LogP contribution in [-0.4, -0.2) is 24.3 Å². The fraction of sp³-hybridized carbons (Fsp3) is 0.214. The van der Waals surface area contributed by atoms with E-state index in [0.717, 1.165) is 16.9 Å². The lowest BCUT2D eigenvalue weighted by Gasteiger charge is -2.02. The average molecular weight is 321 g/mol. The van der Waals surface area contributed by atoms with Crippen LogP contribution in [0.2, 0.25) is 0 Å². The van der Waals surface area contributed by atoms with E-state index in [1.54, 1.807) is 17.5 Å². The zero-order valence-corrected chi connectivity index (χ0v) is 13.1. The Kier molecular flexibility index (Phi) is 3.79. The minimum absolute atomic E-state index is 0.336. The van der Waals surface area contributed by atoms with Gasteiger partial charge in [0.05, 0.1) is 5.69 Å². The second-order valence-corrected chi connectivity index (χ2v) is 7.73. The van der Waals surface area contributed by atoms with Gasteiger partial charge in [0.15, 0.2) is 0 Å². The number of hydrogen-bond acceptors (Lipinski definition) is 4. The van der Waals surface area contributed by atoms with E-state index in [-0.39, 0.29) is 0 Å². The number of aromatic nitrogens is 2. The van der Waals surface area contributed by atoms with Gasteiger partial charge < -0.3 is 4.40 Å². The van der Waals surface area contributed by atoms with Crippen molar-refractivity contribution in [3.8, 4) is 0 Å². The summed E-state index contributed by atoms with van der Waals surface area (Å²) in [4.78, 5) is 4.47. The van der Waals surface area contributed by atoms with E-state index in [2.05, 4.69) is 9.71 Å². The fourth-order valence-electron chi connectivity index (χ4n) is 2.08. The van der Waals surface area contributed by atoms with E-state index in [4.69, 9.17) is 0 Å². The van der Waals surface area contributed by atoms with Crippen LogP contribution in [0.5, 0.6) is 0 Å². The van der Waals surface area contributed by atoms with Gasteiger partial charge in [-0.3, -0.25) is 0 Å². The molecule has 0 aliphatic heterocycles. The second kappa shape index (κ2) is 5.59.